The number of anilines is 1. The number of benzene rings is 3. The van der Waals surface area contributed by atoms with Crippen LogP contribution in [-0.4, -0.2) is 36.6 Å². The van der Waals surface area contributed by atoms with Gasteiger partial charge in [-0.15, -0.1) is 0 Å². The number of ether oxygens (including phenoxy) is 3. The molecule has 0 aromatic heterocycles. The van der Waals surface area contributed by atoms with Crippen molar-refractivity contribution < 1.29 is 28.9 Å². The van der Waals surface area contributed by atoms with Crippen LogP contribution < -0.4 is 19.1 Å². The van der Waals surface area contributed by atoms with Gasteiger partial charge in [0, 0.05) is 23.7 Å². The van der Waals surface area contributed by atoms with Crippen LogP contribution in [0.4, 0.5) is 5.69 Å². The Kier molecular flexibility index (Phi) is 6.61. The quantitative estimate of drug-likeness (QED) is 0.265. The van der Waals surface area contributed by atoms with E-state index in [4.69, 9.17) is 14.2 Å². The molecule has 1 N–H and O–H groups in total. The molecule has 3 aromatic carbocycles. The van der Waals surface area contributed by atoms with Gasteiger partial charge in [-0.25, -0.2) is 0 Å². The lowest BCUT2D eigenvalue weighted by Gasteiger charge is -2.26. The lowest BCUT2D eigenvalue weighted by molar-refractivity contribution is -0.132. The van der Waals surface area contributed by atoms with E-state index >= 15 is 0 Å². The average Bonchev–Trinajstić information content (AvgIpc) is 3.42. The smallest absolute Gasteiger partial charge is 0.300 e. The van der Waals surface area contributed by atoms with E-state index in [2.05, 4.69) is 0 Å². The Bertz CT molecular complexity index is 1380. The van der Waals surface area contributed by atoms with Crippen LogP contribution >= 0.6 is 0 Å². The number of nitrogens with zero attached hydrogens (tertiary/aromatic N) is 1. The van der Waals surface area contributed by atoms with E-state index in [-0.39, 0.29) is 17.4 Å². The first-order valence-corrected chi connectivity index (χ1v) is 12.4. The van der Waals surface area contributed by atoms with Crippen LogP contribution in [0.5, 0.6) is 17.2 Å². The van der Waals surface area contributed by atoms with Crippen molar-refractivity contribution in [1.82, 2.24) is 0 Å². The van der Waals surface area contributed by atoms with Crippen molar-refractivity contribution >= 4 is 23.1 Å². The van der Waals surface area contributed by atoms with Crippen molar-refractivity contribution in [1.29, 1.82) is 0 Å². The van der Waals surface area contributed by atoms with Gasteiger partial charge in [0.15, 0.2) is 0 Å². The number of Topliss-reactive ketones (excluding diaryl/α,β-unsaturated/α-hetero) is 1. The van der Waals surface area contributed by atoms with Crippen LogP contribution in [0.3, 0.4) is 0 Å². The van der Waals surface area contributed by atoms with Crippen molar-refractivity contribution in [3.05, 3.63) is 89.0 Å². The lowest BCUT2D eigenvalue weighted by Crippen LogP contribution is -2.29. The van der Waals surface area contributed by atoms with Gasteiger partial charge in [-0.1, -0.05) is 25.1 Å². The van der Waals surface area contributed by atoms with E-state index < -0.39 is 17.7 Å². The van der Waals surface area contributed by atoms with Crippen molar-refractivity contribution in [2.45, 2.75) is 38.8 Å². The third-order valence-electron chi connectivity index (χ3n) is 6.61. The second-order valence-electron chi connectivity index (χ2n) is 9.24. The average molecular weight is 500 g/mol. The maximum absolute atomic E-state index is 13.4. The van der Waals surface area contributed by atoms with Crippen LogP contribution in [0, 0.1) is 0 Å². The van der Waals surface area contributed by atoms with Gasteiger partial charge in [0.05, 0.1) is 25.3 Å². The molecule has 2 unspecified atom stereocenters. The highest BCUT2D eigenvalue weighted by atomic mass is 16.5. The summed E-state index contributed by atoms with van der Waals surface area (Å²) in [6.07, 6.45) is 1.62. The molecule has 0 spiro atoms. The zero-order valence-electron chi connectivity index (χ0n) is 21.1. The molecule has 1 saturated heterocycles. The van der Waals surface area contributed by atoms with Crippen LogP contribution in [-0.2, 0) is 16.0 Å². The minimum Gasteiger partial charge on any atom is -0.507 e. The Labute approximate surface area is 215 Å². The molecule has 7 heteroatoms. The summed E-state index contributed by atoms with van der Waals surface area (Å²) in [6.45, 7) is 4.59. The number of amides is 1. The van der Waals surface area contributed by atoms with E-state index in [0.717, 1.165) is 17.7 Å². The van der Waals surface area contributed by atoms with Crippen molar-refractivity contribution in [2.24, 2.45) is 0 Å². The molecule has 7 nitrogen and oxygen atoms in total. The third-order valence-corrected chi connectivity index (χ3v) is 6.61. The molecule has 0 bridgehead atoms. The minimum atomic E-state index is -0.837. The maximum atomic E-state index is 13.4. The first kappa shape index (κ1) is 24.4. The molecule has 0 aliphatic carbocycles. The summed E-state index contributed by atoms with van der Waals surface area (Å²) < 4.78 is 16.8. The normalized spacial score (nSPS) is 20.0. The molecular weight excluding hydrogens is 470 g/mol. The van der Waals surface area contributed by atoms with Crippen molar-refractivity contribution in [2.75, 3.05) is 18.6 Å². The number of carbonyl (C=O) groups excluding carboxylic acids is 2. The van der Waals surface area contributed by atoms with E-state index in [1.807, 2.05) is 44.2 Å². The highest BCUT2D eigenvalue weighted by molar-refractivity contribution is 6.51. The zero-order valence-corrected chi connectivity index (χ0v) is 21.1. The number of aliphatic hydroxyl groups is 1. The summed E-state index contributed by atoms with van der Waals surface area (Å²) in [5, 5.41) is 11.5. The second-order valence-corrected chi connectivity index (χ2v) is 9.24. The molecule has 190 valence electrons. The van der Waals surface area contributed by atoms with E-state index in [1.54, 1.807) is 36.4 Å². The van der Waals surface area contributed by atoms with Gasteiger partial charge in [0.1, 0.15) is 29.1 Å². The second kappa shape index (κ2) is 10.0. The van der Waals surface area contributed by atoms with Crippen LogP contribution in [0.25, 0.3) is 5.76 Å². The summed E-state index contributed by atoms with van der Waals surface area (Å²) in [5.41, 5.74) is 2.61. The predicted octanol–water partition coefficient (Wildman–Crippen LogP) is 5.43. The van der Waals surface area contributed by atoms with Gasteiger partial charge in [-0.3, -0.25) is 14.5 Å². The Morgan fingerprint density at radius 3 is 2.57 bits per heavy atom. The number of hydrogen-bond acceptors (Lipinski definition) is 6. The van der Waals surface area contributed by atoms with Crippen LogP contribution in [0.1, 0.15) is 43.0 Å². The molecule has 0 radical (unpaired) electrons. The van der Waals surface area contributed by atoms with E-state index in [9.17, 15) is 14.7 Å². The topological polar surface area (TPSA) is 85.3 Å². The summed E-state index contributed by atoms with van der Waals surface area (Å²) in [6, 6.07) is 18.7. The fourth-order valence-corrected chi connectivity index (χ4v) is 4.87. The molecule has 2 heterocycles. The van der Waals surface area contributed by atoms with Gasteiger partial charge in [-0.2, -0.15) is 0 Å². The standard InChI is InChI=1S/C30H29NO6/c1-4-14-36-23-11-8-19(9-12-23)27-26(28(32)20-10-13-25-21(16-20)15-18(2)37-25)29(33)30(34)31(27)22-6-5-7-24(17-22)35-3/h5-13,16-18,27,32H,4,14-15H2,1-3H3/b28-26-. The monoisotopic (exact) mass is 499 g/mol. The zero-order chi connectivity index (χ0) is 26.1. The lowest BCUT2D eigenvalue weighted by atomic mass is 9.94. The molecule has 2 aliphatic heterocycles. The summed E-state index contributed by atoms with van der Waals surface area (Å²) in [7, 11) is 1.54. The molecule has 37 heavy (non-hydrogen) atoms. The van der Waals surface area contributed by atoms with Crippen LogP contribution in [0.2, 0.25) is 0 Å². The summed E-state index contributed by atoms with van der Waals surface area (Å²) in [5.74, 6) is 0.319. The first-order valence-electron chi connectivity index (χ1n) is 12.4. The van der Waals surface area contributed by atoms with Crippen LogP contribution in [0.15, 0.2) is 72.3 Å². The fraction of sp³-hybridized carbons (Fsp3) is 0.267. The first-order chi connectivity index (χ1) is 17.9. The van der Waals surface area contributed by atoms with Crippen molar-refractivity contribution in [3.63, 3.8) is 0 Å². The largest absolute Gasteiger partial charge is 0.507 e. The molecule has 3 aromatic rings. The molecule has 0 saturated carbocycles. The fourth-order valence-electron chi connectivity index (χ4n) is 4.87. The number of fused-ring (bicyclic) bond motifs is 1. The van der Waals surface area contributed by atoms with Gasteiger partial charge in [-0.05, 0) is 66.9 Å². The molecular formula is C30H29NO6. The number of ketones is 1. The summed E-state index contributed by atoms with van der Waals surface area (Å²) in [4.78, 5) is 28.3. The minimum absolute atomic E-state index is 0.0296. The molecule has 1 amide bonds. The van der Waals surface area contributed by atoms with E-state index in [0.29, 0.717) is 41.3 Å². The molecule has 5 rings (SSSR count). The number of methoxy groups -OCH3 is 1. The predicted molar refractivity (Wildman–Crippen MR) is 140 cm³/mol. The van der Waals surface area contributed by atoms with E-state index in [1.165, 1.54) is 12.0 Å². The Morgan fingerprint density at radius 2 is 1.84 bits per heavy atom. The third kappa shape index (κ3) is 4.53. The molecule has 2 atom stereocenters. The number of carbonyl (C=O) groups is 2. The molecule has 1 fully saturated rings. The van der Waals surface area contributed by atoms with Gasteiger partial charge < -0.3 is 19.3 Å². The molecule has 2 aliphatic rings. The Morgan fingerprint density at radius 1 is 1.05 bits per heavy atom. The number of aliphatic hydroxyl groups excluding tert-OH is 1. The van der Waals surface area contributed by atoms with Gasteiger partial charge in [0.2, 0.25) is 0 Å². The Balaban J connectivity index is 1.64. The highest BCUT2D eigenvalue weighted by Crippen LogP contribution is 2.43. The van der Waals surface area contributed by atoms with Gasteiger partial charge >= 0.3 is 0 Å². The summed E-state index contributed by atoms with van der Waals surface area (Å²) >= 11 is 0. The van der Waals surface area contributed by atoms with Crippen molar-refractivity contribution in [3.8, 4) is 17.2 Å². The highest BCUT2D eigenvalue weighted by Gasteiger charge is 2.47. The number of rotatable bonds is 7. The Hall–Kier alpha value is -4.26. The van der Waals surface area contributed by atoms with Gasteiger partial charge in [0.25, 0.3) is 11.7 Å². The number of hydrogen-bond donors (Lipinski definition) is 1. The SMILES string of the molecule is CCCOc1ccc(C2/C(=C(/O)c3ccc4c(c3)CC(C)O4)C(=O)C(=O)N2c2cccc(OC)c2)cc1. The maximum Gasteiger partial charge on any atom is 0.300 e.